The molecule has 1 saturated heterocycles. The van der Waals surface area contributed by atoms with Crippen LogP contribution in [0.5, 0.6) is 0 Å². The summed E-state index contributed by atoms with van der Waals surface area (Å²) >= 11 is 0. The van der Waals surface area contributed by atoms with Gasteiger partial charge in [-0.2, -0.15) is 0 Å². The maximum absolute atomic E-state index is 4.29. The number of hydrogen-bond donors (Lipinski definition) is 0. The van der Waals surface area contributed by atoms with Gasteiger partial charge in [-0.15, -0.1) is 0 Å². The Morgan fingerprint density at radius 2 is 1.84 bits per heavy atom. The Hall–Kier alpha value is -1.50. The number of allylic oxidation sites excluding steroid dienone is 2. The van der Waals surface area contributed by atoms with Gasteiger partial charge in [0.2, 0.25) is 0 Å². The van der Waals surface area contributed by atoms with Crippen LogP contribution in [0.15, 0.2) is 35.9 Å². The molecule has 100 valence electrons. The number of rotatable bonds is 1. The van der Waals surface area contributed by atoms with E-state index in [1.807, 2.05) is 0 Å². The fourth-order valence-corrected chi connectivity index (χ4v) is 3.36. The Morgan fingerprint density at radius 1 is 1.16 bits per heavy atom. The lowest BCUT2D eigenvalue weighted by Gasteiger charge is -2.35. The second kappa shape index (κ2) is 4.26. The van der Waals surface area contributed by atoms with Gasteiger partial charge in [-0.3, -0.25) is 0 Å². The molecule has 0 unspecified atom stereocenters. The number of hydrogen-bond acceptors (Lipinski definition) is 1. The molecule has 0 atom stereocenters. The summed E-state index contributed by atoms with van der Waals surface area (Å²) in [6.45, 7) is 13.4. The lowest BCUT2D eigenvalue weighted by molar-refractivity contribution is 0.626. The van der Waals surface area contributed by atoms with E-state index in [0.29, 0.717) is 0 Å². The van der Waals surface area contributed by atoms with Crippen LogP contribution in [0.25, 0.3) is 6.08 Å². The van der Waals surface area contributed by atoms with Gasteiger partial charge in [0, 0.05) is 24.2 Å². The van der Waals surface area contributed by atoms with Gasteiger partial charge in [-0.25, -0.2) is 0 Å². The van der Waals surface area contributed by atoms with E-state index in [4.69, 9.17) is 0 Å². The smallest absolute Gasteiger partial charge is 0.0369 e. The van der Waals surface area contributed by atoms with Crippen LogP contribution in [0.1, 0.15) is 44.7 Å². The fourth-order valence-electron chi connectivity index (χ4n) is 3.36. The minimum absolute atomic E-state index is 0.0455. The molecule has 1 nitrogen and oxygen atoms in total. The van der Waals surface area contributed by atoms with Crippen molar-refractivity contribution in [2.45, 2.75) is 39.0 Å². The summed E-state index contributed by atoms with van der Waals surface area (Å²) in [7, 11) is 0. The van der Waals surface area contributed by atoms with Gasteiger partial charge in [0.05, 0.1) is 0 Å². The lowest BCUT2D eigenvalue weighted by Crippen LogP contribution is -2.26. The molecule has 0 aromatic heterocycles. The Balaban J connectivity index is 2.09. The predicted molar refractivity (Wildman–Crippen MR) is 83.7 cm³/mol. The van der Waals surface area contributed by atoms with E-state index in [1.165, 1.54) is 53.9 Å². The van der Waals surface area contributed by atoms with E-state index in [0.717, 1.165) is 0 Å². The number of fused-ring (bicyclic) bond motifs is 1. The summed E-state index contributed by atoms with van der Waals surface area (Å²) in [6, 6.07) is 6.94. The Labute approximate surface area is 116 Å². The van der Waals surface area contributed by atoms with Gasteiger partial charge in [-0.1, -0.05) is 32.6 Å². The summed E-state index contributed by atoms with van der Waals surface area (Å²) in [6.07, 6.45) is 4.93. The highest BCUT2D eigenvalue weighted by atomic mass is 15.1. The predicted octanol–water partition coefficient (Wildman–Crippen LogP) is 4.54. The monoisotopic (exact) mass is 253 g/mol. The first-order chi connectivity index (χ1) is 9.00. The van der Waals surface area contributed by atoms with Crippen LogP contribution in [0.2, 0.25) is 0 Å². The van der Waals surface area contributed by atoms with Gasteiger partial charge in [0.1, 0.15) is 0 Å². The first-order valence-corrected chi connectivity index (χ1v) is 7.27. The molecule has 2 aliphatic rings. The molecule has 1 heteroatoms. The molecule has 1 aromatic carbocycles. The Bertz CT molecular complexity index is 557. The van der Waals surface area contributed by atoms with Crippen molar-refractivity contribution in [3.8, 4) is 0 Å². The molecule has 0 N–H and O–H groups in total. The molecule has 0 bridgehead atoms. The Kier molecular flexibility index (Phi) is 2.81. The maximum atomic E-state index is 4.29. The van der Waals surface area contributed by atoms with Crippen LogP contribution in [-0.2, 0) is 5.41 Å². The number of nitrogens with zero attached hydrogens (tertiary/aromatic N) is 1. The standard InChI is InChI=1S/C18H23N/c1-13-11-15-7-8-16(19-9-5-6-10-19)12-17(15)18(3,4)14(13)2/h7-8,11-12H,2,5-6,9-10H2,1,3-4H3. The first-order valence-electron chi connectivity index (χ1n) is 7.27. The maximum Gasteiger partial charge on any atom is 0.0369 e. The van der Waals surface area contributed by atoms with Gasteiger partial charge in [0.25, 0.3) is 0 Å². The largest absolute Gasteiger partial charge is 0.372 e. The zero-order valence-electron chi connectivity index (χ0n) is 12.3. The molecular weight excluding hydrogens is 230 g/mol. The third kappa shape index (κ3) is 1.92. The highest BCUT2D eigenvalue weighted by Gasteiger charge is 2.31. The van der Waals surface area contributed by atoms with Crippen molar-refractivity contribution in [3.05, 3.63) is 47.1 Å². The average molecular weight is 253 g/mol. The van der Waals surface area contributed by atoms with Gasteiger partial charge < -0.3 is 4.90 Å². The minimum Gasteiger partial charge on any atom is -0.372 e. The lowest BCUT2D eigenvalue weighted by atomic mass is 9.70. The van der Waals surface area contributed by atoms with Crippen LogP contribution in [0, 0.1) is 0 Å². The van der Waals surface area contributed by atoms with E-state index in [1.54, 1.807) is 0 Å². The summed E-state index contributed by atoms with van der Waals surface area (Å²) in [5, 5.41) is 0. The van der Waals surface area contributed by atoms with Crippen LogP contribution in [-0.4, -0.2) is 13.1 Å². The molecule has 1 fully saturated rings. The molecule has 0 radical (unpaired) electrons. The highest BCUT2D eigenvalue weighted by molar-refractivity contribution is 5.72. The van der Waals surface area contributed by atoms with Crippen LogP contribution in [0.4, 0.5) is 5.69 Å². The molecule has 3 rings (SSSR count). The van der Waals surface area contributed by atoms with E-state index in [2.05, 4.69) is 56.5 Å². The number of anilines is 1. The molecule has 0 spiro atoms. The van der Waals surface area contributed by atoms with E-state index in [9.17, 15) is 0 Å². The van der Waals surface area contributed by atoms with Crippen molar-refractivity contribution in [2.24, 2.45) is 0 Å². The van der Waals surface area contributed by atoms with Crippen LogP contribution in [0.3, 0.4) is 0 Å². The first kappa shape index (κ1) is 12.5. The van der Waals surface area contributed by atoms with Gasteiger partial charge in [-0.05, 0) is 54.2 Å². The normalized spacial score (nSPS) is 21.3. The van der Waals surface area contributed by atoms with E-state index in [-0.39, 0.29) is 5.41 Å². The van der Waals surface area contributed by atoms with Crippen molar-refractivity contribution >= 4 is 11.8 Å². The summed E-state index contributed by atoms with van der Waals surface area (Å²) in [4.78, 5) is 2.50. The molecule has 1 heterocycles. The quantitative estimate of drug-likeness (QED) is 0.710. The summed E-state index contributed by atoms with van der Waals surface area (Å²) in [5.41, 5.74) is 6.77. The summed E-state index contributed by atoms with van der Waals surface area (Å²) < 4.78 is 0. The zero-order valence-corrected chi connectivity index (χ0v) is 12.3. The molecule has 19 heavy (non-hydrogen) atoms. The second-order valence-corrected chi connectivity index (χ2v) is 6.40. The van der Waals surface area contributed by atoms with Crippen molar-refractivity contribution in [1.29, 1.82) is 0 Å². The van der Waals surface area contributed by atoms with E-state index >= 15 is 0 Å². The van der Waals surface area contributed by atoms with Crippen LogP contribution >= 0.6 is 0 Å². The third-order valence-electron chi connectivity index (χ3n) is 4.78. The van der Waals surface area contributed by atoms with Gasteiger partial charge in [0.15, 0.2) is 0 Å². The summed E-state index contributed by atoms with van der Waals surface area (Å²) in [5.74, 6) is 0. The molecule has 1 aliphatic carbocycles. The average Bonchev–Trinajstić information content (AvgIpc) is 2.90. The van der Waals surface area contributed by atoms with Crippen LogP contribution < -0.4 is 4.90 Å². The molecular formula is C18H23N. The second-order valence-electron chi connectivity index (χ2n) is 6.40. The number of benzene rings is 1. The van der Waals surface area contributed by atoms with Gasteiger partial charge >= 0.3 is 0 Å². The highest BCUT2D eigenvalue weighted by Crippen LogP contribution is 2.43. The fraction of sp³-hybridized carbons (Fsp3) is 0.444. The minimum atomic E-state index is 0.0455. The van der Waals surface area contributed by atoms with Crippen molar-refractivity contribution < 1.29 is 0 Å². The SMILES string of the molecule is C=C1C(C)=Cc2ccc(N3CCCC3)cc2C1(C)C. The Morgan fingerprint density at radius 3 is 2.53 bits per heavy atom. The molecule has 1 aromatic rings. The molecule has 0 saturated carbocycles. The van der Waals surface area contributed by atoms with Crippen molar-refractivity contribution in [3.63, 3.8) is 0 Å². The van der Waals surface area contributed by atoms with Crippen molar-refractivity contribution in [1.82, 2.24) is 0 Å². The topological polar surface area (TPSA) is 3.24 Å². The zero-order chi connectivity index (χ0) is 13.6. The van der Waals surface area contributed by atoms with E-state index < -0.39 is 0 Å². The third-order valence-corrected chi connectivity index (χ3v) is 4.78. The molecule has 1 aliphatic heterocycles. The van der Waals surface area contributed by atoms with Crippen molar-refractivity contribution in [2.75, 3.05) is 18.0 Å². The molecule has 0 amide bonds.